The van der Waals surface area contributed by atoms with Gasteiger partial charge in [-0.15, -0.1) is 0 Å². The van der Waals surface area contributed by atoms with Gasteiger partial charge in [-0.3, -0.25) is 0 Å². The first-order valence-electron chi connectivity index (χ1n) is 7.56. The summed E-state index contributed by atoms with van der Waals surface area (Å²) in [5.41, 5.74) is 2.60. The van der Waals surface area contributed by atoms with E-state index in [1.807, 2.05) is 6.07 Å². The fraction of sp³-hybridized carbons (Fsp3) is 0.647. The second kappa shape index (κ2) is 6.04. The number of hydrogen-bond acceptors (Lipinski definition) is 1. The van der Waals surface area contributed by atoms with Crippen molar-refractivity contribution in [2.24, 2.45) is 5.41 Å². The molecule has 1 atom stereocenters. The zero-order valence-corrected chi connectivity index (χ0v) is 12.4. The van der Waals surface area contributed by atoms with E-state index >= 15 is 0 Å². The van der Waals surface area contributed by atoms with E-state index in [-0.39, 0.29) is 17.3 Å². The van der Waals surface area contributed by atoms with Gasteiger partial charge in [-0.2, -0.15) is 0 Å². The molecule has 2 rings (SSSR count). The van der Waals surface area contributed by atoms with Gasteiger partial charge in [0.2, 0.25) is 0 Å². The lowest BCUT2D eigenvalue weighted by atomic mass is 9.68. The van der Waals surface area contributed by atoms with Crippen LogP contribution < -0.4 is 5.32 Å². The van der Waals surface area contributed by atoms with Crippen LogP contribution in [0.1, 0.15) is 63.1 Å². The van der Waals surface area contributed by atoms with Crippen molar-refractivity contribution < 1.29 is 4.39 Å². The molecule has 0 heterocycles. The van der Waals surface area contributed by atoms with Gasteiger partial charge in [-0.05, 0) is 55.0 Å². The third-order valence-corrected chi connectivity index (χ3v) is 4.65. The Morgan fingerprint density at radius 1 is 1.26 bits per heavy atom. The minimum atomic E-state index is -0.122. The summed E-state index contributed by atoms with van der Waals surface area (Å²) in [6.45, 7) is 7.51. The van der Waals surface area contributed by atoms with E-state index in [1.54, 1.807) is 12.1 Å². The Bertz CT molecular complexity index is 421. The number of aryl methyl sites for hydroxylation is 1. The van der Waals surface area contributed by atoms with E-state index in [2.05, 4.69) is 26.1 Å². The van der Waals surface area contributed by atoms with Crippen LogP contribution in [0.3, 0.4) is 0 Å². The van der Waals surface area contributed by atoms with Crippen molar-refractivity contribution in [3.8, 4) is 0 Å². The fourth-order valence-electron chi connectivity index (χ4n) is 3.51. The summed E-state index contributed by atoms with van der Waals surface area (Å²) in [5, 5.41) is 3.61. The van der Waals surface area contributed by atoms with E-state index in [0.717, 1.165) is 12.1 Å². The Hall–Kier alpha value is -0.890. The third kappa shape index (κ3) is 3.17. The molecule has 1 aromatic carbocycles. The molecule has 1 nitrogen and oxygen atoms in total. The van der Waals surface area contributed by atoms with Crippen molar-refractivity contribution in [1.82, 2.24) is 5.32 Å². The molecule has 1 fully saturated rings. The Balaban J connectivity index is 2.35. The highest BCUT2D eigenvalue weighted by molar-refractivity contribution is 5.31. The molecule has 0 aromatic heterocycles. The first-order valence-corrected chi connectivity index (χ1v) is 7.56. The lowest BCUT2D eigenvalue weighted by Gasteiger charge is -2.42. The summed E-state index contributed by atoms with van der Waals surface area (Å²) in [6, 6.07) is 5.46. The highest BCUT2D eigenvalue weighted by Gasteiger charge is 2.36. The first-order chi connectivity index (χ1) is 9.07. The zero-order valence-electron chi connectivity index (χ0n) is 12.4. The molecule has 0 amide bonds. The van der Waals surface area contributed by atoms with E-state index in [0.29, 0.717) is 0 Å². The molecule has 0 aliphatic heterocycles. The topological polar surface area (TPSA) is 12.0 Å². The molecular weight excluding hydrogens is 237 g/mol. The Kier molecular flexibility index (Phi) is 4.62. The summed E-state index contributed by atoms with van der Waals surface area (Å²) < 4.78 is 13.6. The van der Waals surface area contributed by atoms with Gasteiger partial charge in [-0.1, -0.05) is 39.2 Å². The maximum absolute atomic E-state index is 13.6. The number of halogens is 1. The summed E-state index contributed by atoms with van der Waals surface area (Å²) in [7, 11) is 0. The van der Waals surface area contributed by atoms with Crippen LogP contribution >= 0.6 is 0 Å². The zero-order chi connectivity index (χ0) is 13.9. The molecule has 1 aliphatic carbocycles. The lowest BCUT2D eigenvalue weighted by Crippen LogP contribution is -2.38. The van der Waals surface area contributed by atoms with Crippen LogP contribution in [0.25, 0.3) is 0 Å². The van der Waals surface area contributed by atoms with Gasteiger partial charge in [0.25, 0.3) is 0 Å². The van der Waals surface area contributed by atoms with E-state index in [1.165, 1.54) is 37.7 Å². The van der Waals surface area contributed by atoms with Crippen molar-refractivity contribution >= 4 is 0 Å². The Morgan fingerprint density at radius 3 is 2.58 bits per heavy atom. The second-order valence-corrected chi connectivity index (χ2v) is 6.21. The van der Waals surface area contributed by atoms with Gasteiger partial charge in [0.15, 0.2) is 0 Å². The van der Waals surface area contributed by atoms with Crippen LogP contribution in [0.5, 0.6) is 0 Å². The molecule has 1 aromatic rings. The van der Waals surface area contributed by atoms with Crippen LogP contribution in [-0.4, -0.2) is 6.54 Å². The van der Waals surface area contributed by atoms with Gasteiger partial charge < -0.3 is 5.32 Å². The van der Waals surface area contributed by atoms with Gasteiger partial charge in [0.1, 0.15) is 5.82 Å². The average molecular weight is 263 g/mol. The maximum atomic E-state index is 13.6. The van der Waals surface area contributed by atoms with Crippen molar-refractivity contribution in [2.75, 3.05) is 6.54 Å². The maximum Gasteiger partial charge on any atom is 0.123 e. The molecular formula is C17H26FN. The summed E-state index contributed by atoms with van der Waals surface area (Å²) in [5.74, 6) is -0.122. The predicted octanol–water partition coefficient (Wildman–Crippen LogP) is 4.76. The second-order valence-electron chi connectivity index (χ2n) is 6.21. The molecule has 1 aliphatic rings. The van der Waals surface area contributed by atoms with E-state index in [9.17, 15) is 4.39 Å². The van der Waals surface area contributed by atoms with E-state index < -0.39 is 0 Å². The molecule has 2 heteroatoms. The Labute approximate surface area is 116 Å². The highest BCUT2D eigenvalue weighted by atomic mass is 19.1. The van der Waals surface area contributed by atoms with Crippen LogP contribution in [0.4, 0.5) is 4.39 Å². The monoisotopic (exact) mass is 263 g/mol. The smallest absolute Gasteiger partial charge is 0.123 e. The molecule has 0 radical (unpaired) electrons. The number of rotatable bonds is 4. The van der Waals surface area contributed by atoms with E-state index in [4.69, 9.17) is 0 Å². The lowest BCUT2D eigenvalue weighted by molar-refractivity contribution is 0.145. The fourth-order valence-corrected chi connectivity index (χ4v) is 3.51. The third-order valence-electron chi connectivity index (χ3n) is 4.65. The normalized spacial score (nSPS) is 20.2. The largest absolute Gasteiger partial charge is 0.310 e. The molecule has 0 saturated heterocycles. The molecule has 1 unspecified atom stereocenters. The minimum Gasteiger partial charge on any atom is -0.310 e. The van der Waals surface area contributed by atoms with Crippen molar-refractivity contribution in [1.29, 1.82) is 0 Å². The average Bonchev–Trinajstić information content (AvgIpc) is 2.40. The number of benzene rings is 1. The van der Waals surface area contributed by atoms with Crippen LogP contribution in [0.2, 0.25) is 0 Å². The molecule has 0 bridgehead atoms. The van der Waals surface area contributed by atoms with Gasteiger partial charge in [0, 0.05) is 6.04 Å². The minimum absolute atomic E-state index is 0.122. The van der Waals surface area contributed by atoms with Crippen molar-refractivity contribution in [3.05, 3.63) is 35.1 Å². The summed E-state index contributed by atoms with van der Waals surface area (Å²) in [4.78, 5) is 0. The standard InChI is InChI=1S/C17H26FN/c1-4-19-16(17(3)10-6-5-7-11-17)15-12-14(18)9-8-13(15)2/h8-9,12,16,19H,4-7,10-11H2,1-3H3. The predicted molar refractivity (Wildman–Crippen MR) is 78.7 cm³/mol. The van der Waals surface area contributed by atoms with Crippen molar-refractivity contribution in [3.63, 3.8) is 0 Å². The van der Waals surface area contributed by atoms with Gasteiger partial charge in [-0.25, -0.2) is 4.39 Å². The SMILES string of the molecule is CCNC(c1cc(F)ccc1C)C1(C)CCCCC1. The molecule has 0 spiro atoms. The number of hydrogen-bond donors (Lipinski definition) is 1. The molecule has 1 saturated carbocycles. The first kappa shape index (κ1) is 14.5. The Morgan fingerprint density at radius 2 is 1.95 bits per heavy atom. The van der Waals surface area contributed by atoms with Gasteiger partial charge >= 0.3 is 0 Å². The molecule has 19 heavy (non-hydrogen) atoms. The van der Waals surface area contributed by atoms with Crippen LogP contribution in [0.15, 0.2) is 18.2 Å². The summed E-state index contributed by atoms with van der Waals surface area (Å²) in [6.07, 6.45) is 6.41. The van der Waals surface area contributed by atoms with Gasteiger partial charge in [0.05, 0.1) is 0 Å². The van der Waals surface area contributed by atoms with Crippen LogP contribution in [0, 0.1) is 18.2 Å². The molecule has 1 N–H and O–H groups in total. The highest BCUT2D eigenvalue weighted by Crippen LogP contribution is 2.46. The van der Waals surface area contributed by atoms with Crippen molar-refractivity contribution in [2.45, 2.75) is 58.9 Å². The molecule has 106 valence electrons. The number of nitrogens with one attached hydrogen (secondary N) is 1. The summed E-state index contributed by atoms with van der Waals surface area (Å²) >= 11 is 0. The quantitative estimate of drug-likeness (QED) is 0.826. The van der Waals surface area contributed by atoms with Crippen LogP contribution in [-0.2, 0) is 0 Å².